The molecule has 2 aromatic rings. The monoisotopic (exact) mass is 378 g/mol. The Morgan fingerprint density at radius 1 is 1.05 bits per heavy atom. The van der Waals surface area contributed by atoms with E-state index in [9.17, 15) is 13.2 Å². The molecule has 2 aromatic carbocycles. The summed E-state index contributed by atoms with van der Waals surface area (Å²) < 4.78 is 38.8. The van der Waals surface area contributed by atoms with Crippen LogP contribution in [0, 0.1) is 0 Å². The summed E-state index contributed by atoms with van der Waals surface area (Å²) in [6.45, 7) is 0. The van der Waals surface area contributed by atoms with Crippen molar-refractivity contribution in [2.45, 2.75) is 12.2 Å². The quantitative estimate of drug-likeness (QED) is 0.600. The summed E-state index contributed by atoms with van der Waals surface area (Å²) in [5, 5.41) is 0.543. The van der Waals surface area contributed by atoms with Gasteiger partial charge in [0.05, 0.1) is 11.6 Å². The summed E-state index contributed by atoms with van der Waals surface area (Å²) in [6.07, 6.45) is -4.44. The third-order valence-corrected chi connectivity index (χ3v) is 3.94. The fraction of sp³-hybridized carbons (Fsp3) is 0.143. The fourth-order valence-electron chi connectivity index (χ4n) is 1.98. The van der Waals surface area contributed by atoms with E-state index in [0.29, 0.717) is 10.6 Å². The van der Waals surface area contributed by atoms with Crippen LogP contribution in [0.15, 0.2) is 46.9 Å². The fourth-order valence-corrected chi connectivity index (χ4v) is 2.58. The number of alkyl halides is 3. The van der Waals surface area contributed by atoms with Gasteiger partial charge < -0.3 is 0 Å². The Kier molecular flexibility index (Phi) is 4.93. The van der Waals surface area contributed by atoms with E-state index < -0.39 is 17.8 Å². The van der Waals surface area contributed by atoms with Crippen LogP contribution in [-0.2, 0) is 6.18 Å². The number of nitrogens with two attached hydrogens (primary N) is 1. The van der Waals surface area contributed by atoms with E-state index in [1.807, 2.05) is 0 Å². The van der Waals surface area contributed by atoms with E-state index in [-0.39, 0.29) is 4.47 Å². The lowest BCUT2D eigenvalue weighted by Crippen LogP contribution is -2.29. The SMILES string of the molecule is NNC(c1ccc(Cl)cc1)c1ccc(Br)c(C(F)(F)F)c1. The first kappa shape index (κ1) is 16.3. The van der Waals surface area contributed by atoms with Crippen LogP contribution < -0.4 is 11.3 Å². The van der Waals surface area contributed by atoms with Crippen LogP contribution >= 0.6 is 27.5 Å². The van der Waals surface area contributed by atoms with Crippen LogP contribution in [0.25, 0.3) is 0 Å². The van der Waals surface area contributed by atoms with Crippen LogP contribution in [-0.4, -0.2) is 0 Å². The minimum atomic E-state index is -4.44. The molecule has 0 saturated heterocycles. The molecule has 1 atom stereocenters. The molecule has 112 valence electrons. The number of hydrazine groups is 1. The Balaban J connectivity index is 2.46. The smallest absolute Gasteiger partial charge is 0.271 e. The van der Waals surface area contributed by atoms with Crippen LogP contribution in [0.3, 0.4) is 0 Å². The topological polar surface area (TPSA) is 38.0 Å². The molecular weight excluding hydrogens is 369 g/mol. The van der Waals surface area contributed by atoms with Gasteiger partial charge in [-0.15, -0.1) is 0 Å². The Hall–Kier alpha value is -1.08. The maximum atomic E-state index is 13.0. The zero-order valence-corrected chi connectivity index (χ0v) is 12.9. The molecule has 21 heavy (non-hydrogen) atoms. The average Bonchev–Trinajstić information content (AvgIpc) is 2.42. The highest BCUT2D eigenvalue weighted by atomic mass is 79.9. The maximum Gasteiger partial charge on any atom is 0.417 e. The molecule has 0 saturated carbocycles. The minimum absolute atomic E-state index is 0.00868. The molecule has 7 heteroatoms. The van der Waals surface area contributed by atoms with Crippen LogP contribution in [0.4, 0.5) is 13.2 Å². The van der Waals surface area contributed by atoms with Crippen molar-refractivity contribution in [2.75, 3.05) is 0 Å². The second-order valence-corrected chi connectivity index (χ2v) is 5.68. The van der Waals surface area contributed by atoms with Crippen molar-refractivity contribution in [1.82, 2.24) is 5.43 Å². The Morgan fingerprint density at radius 2 is 1.62 bits per heavy atom. The molecule has 0 heterocycles. The van der Waals surface area contributed by atoms with Crippen LogP contribution in [0.2, 0.25) is 5.02 Å². The van der Waals surface area contributed by atoms with E-state index in [0.717, 1.165) is 11.6 Å². The largest absolute Gasteiger partial charge is 0.417 e. The van der Waals surface area contributed by atoms with Crippen LogP contribution in [0.5, 0.6) is 0 Å². The van der Waals surface area contributed by atoms with Crippen molar-refractivity contribution in [1.29, 1.82) is 0 Å². The van der Waals surface area contributed by atoms with Gasteiger partial charge in [-0.1, -0.05) is 45.7 Å². The number of rotatable bonds is 3. The molecule has 1 unspecified atom stereocenters. The molecule has 0 spiro atoms. The zero-order chi connectivity index (χ0) is 15.6. The van der Waals surface area contributed by atoms with E-state index in [4.69, 9.17) is 17.4 Å². The van der Waals surface area contributed by atoms with E-state index in [1.54, 1.807) is 30.3 Å². The molecule has 2 nitrogen and oxygen atoms in total. The number of hydrogen-bond donors (Lipinski definition) is 2. The second-order valence-electron chi connectivity index (χ2n) is 4.39. The summed E-state index contributed by atoms with van der Waals surface area (Å²) in [5.41, 5.74) is 2.92. The van der Waals surface area contributed by atoms with Crippen molar-refractivity contribution in [3.63, 3.8) is 0 Å². The first-order valence-corrected chi connectivity index (χ1v) is 7.08. The molecule has 0 aromatic heterocycles. The predicted octanol–water partition coefficient (Wildman–Crippen LogP) is 4.67. The summed E-state index contributed by atoms with van der Waals surface area (Å²) in [7, 11) is 0. The Morgan fingerprint density at radius 3 is 2.14 bits per heavy atom. The molecule has 0 amide bonds. The molecule has 0 aliphatic rings. The first-order chi connectivity index (χ1) is 9.82. The minimum Gasteiger partial charge on any atom is -0.271 e. The second kappa shape index (κ2) is 6.36. The standard InChI is InChI=1S/C14H11BrClF3N2/c15-12-6-3-9(7-11(12)14(17,18)19)13(21-20)8-1-4-10(16)5-2-8/h1-7,13,21H,20H2. The molecule has 3 N–H and O–H groups in total. The predicted molar refractivity (Wildman–Crippen MR) is 79.8 cm³/mol. The summed E-state index contributed by atoms with van der Waals surface area (Å²) in [6, 6.07) is 10.2. The van der Waals surface area contributed by atoms with Gasteiger partial charge in [0.1, 0.15) is 0 Å². The van der Waals surface area contributed by atoms with Gasteiger partial charge in [0.25, 0.3) is 0 Å². The molecule has 0 radical (unpaired) electrons. The number of hydrogen-bond acceptors (Lipinski definition) is 2. The normalized spacial score (nSPS) is 13.2. The van der Waals surface area contributed by atoms with Crippen molar-refractivity contribution >= 4 is 27.5 Å². The van der Waals surface area contributed by atoms with Gasteiger partial charge in [0, 0.05) is 9.50 Å². The average molecular weight is 380 g/mol. The van der Waals surface area contributed by atoms with Crippen LogP contribution in [0.1, 0.15) is 22.7 Å². The van der Waals surface area contributed by atoms with Gasteiger partial charge in [-0.3, -0.25) is 5.84 Å². The van der Waals surface area contributed by atoms with Gasteiger partial charge in [-0.2, -0.15) is 13.2 Å². The van der Waals surface area contributed by atoms with Gasteiger partial charge >= 0.3 is 6.18 Å². The van der Waals surface area contributed by atoms with Crippen molar-refractivity contribution < 1.29 is 13.2 Å². The number of benzene rings is 2. The van der Waals surface area contributed by atoms with Gasteiger partial charge in [-0.05, 0) is 35.4 Å². The van der Waals surface area contributed by atoms with Gasteiger partial charge in [-0.25, -0.2) is 5.43 Å². The maximum absolute atomic E-state index is 13.0. The third kappa shape index (κ3) is 3.77. The van der Waals surface area contributed by atoms with Gasteiger partial charge in [0.2, 0.25) is 0 Å². The Bertz CT molecular complexity index is 629. The van der Waals surface area contributed by atoms with E-state index >= 15 is 0 Å². The van der Waals surface area contributed by atoms with Crippen molar-refractivity contribution in [3.05, 3.63) is 68.7 Å². The third-order valence-electron chi connectivity index (χ3n) is 3.00. The summed E-state index contributed by atoms with van der Waals surface area (Å²) >= 11 is 8.72. The molecular formula is C14H11BrClF3N2. The van der Waals surface area contributed by atoms with E-state index in [1.165, 1.54) is 6.07 Å². The first-order valence-electron chi connectivity index (χ1n) is 5.91. The highest BCUT2D eigenvalue weighted by Crippen LogP contribution is 2.37. The summed E-state index contributed by atoms with van der Waals surface area (Å²) in [4.78, 5) is 0. The molecule has 2 rings (SSSR count). The molecule has 0 fully saturated rings. The molecule has 0 bridgehead atoms. The highest BCUT2D eigenvalue weighted by Gasteiger charge is 2.33. The number of nitrogens with one attached hydrogen (secondary N) is 1. The van der Waals surface area contributed by atoms with Gasteiger partial charge in [0.15, 0.2) is 0 Å². The number of halogens is 5. The van der Waals surface area contributed by atoms with E-state index in [2.05, 4.69) is 21.4 Å². The Labute approximate surface area is 133 Å². The lowest BCUT2D eigenvalue weighted by Gasteiger charge is -2.19. The van der Waals surface area contributed by atoms with Crippen molar-refractivity contribution in [2.24, 2.45) is 5.84 Å². The zero-order valence-electron chi connectivity index (χ0n) is 10.6. The summed E-state index contributed by atoms with van der Waals surface area (Å²) in [5.74, 6) is 5.50. The lowest BCUT2D eigenvalue weighted by atomic mass is 9.97. The lowest BCUT2D eigenvalue weighted by molar-refractivity contribution is -0.138. The molecule has 0 aliphatic carbocycles. The molecule has 0 aliphatic heterocycles. The van der Waals surface area contributed by atoms with Crippen molar-refractivity contribution in [3.8, 4) is 0 Å². The highest BCUT2D eigenvalue weighted by molar-refractivity contribution is 9.10.